The van der Waals surface area contributed by atoms with E-state index in [1.165, 1.54) is 281 Å². The molecule has 8 nitrogen and oxygen atoms in total. The number of carbonyl (C=O) groups excluding carboxylic acids is 2. The number of aryl methyl sites for hydroxylation is 2. The second-order valence-electron chi connectivity index (χ2n) is 35.1. The van der Waals surface area contributed by atoms with Gasteiger partial charge in [0.2, 0.25) is 0 Å². The Kier molecular flexibility index (Phi) is 42.2. The van der Waals surface area contributed by atoms with E-state index in [2.05, 4.69) is 128 Å². The Bertz CT molecular complexity index is 3800. The number of nitrogens with zero attached hydrogens (tertiary/aromatic N) is 4. The molecule has 10 heteroatoms. The first-order valence-corrected chi connectivity index (χ1v) is 48.8. The van der Waals surface area contributed by atoms with Crippen molar-refractivity contribution in [2.24, 2.45) is 11.8 Å². The Morgan fingerprint density at radius 3 is 0.945 bits per heavy atom. The van der Waals surface area contributed by atoms with Gasteiger partial charge in [-0.3, -0.25) is 28.0 Å². The van der Waals surface area contributed by atoms with Crippen molar-refractivity contribution in [1.82, 2.24) is 18.6 Å². The van der Waals surface area contributed by atoms with E-state index < -0.39 is 0 Å². The highest BCUT2D eigenvalue weighted by atomic mass is 32.1. The lowest BCUT2D eigenvalue weighted by atomic mass is 9.93. The van der Waals surface area contributed by atoms with Crippen LogP contribution in [0.1, 0.15) is 459 Å². The maximum Gasteiger partial charge on any atom is 0.264 e. The Hall–Kier alpha value is -4.80. The number of fused-ring (bicyclic) bond motifs is 4. The summed E-state index contributed by atoms with van der Waals surface area (Å²) in [7, 11) is 0. The number of amides is 2. The number of hydrogen-bond acceptors (Lipinski definition) is 6. The molecule has 0 radical (unpaired) electrons. The summed E-state index contributed by atoms with van der Waals surface area (Å²) in [5.74, 6) is 1.03. The summed E-state index contributed by atoms with van der Waals surface area (Å²) in [5, 5.41) is 1.22. The second-order valence-corrected chi connectivity index (χ2v) is 37.3. The third-order valence-corrected chi connectivity index (χ3v) is 27.7. The molecule has 614 valence electrons. The smallest absolute Gasteiger partial charge is 0.264 e. The van der Waals surface area contributed by atoms with Gasteiger partial charge in [-0.2, -0.15) is 0 Å². The molecule has 2 amide bonds. The van der Waals surface area contributed by atoms with Crippen LogP contribution >= 0.6 is 22.7 Å². The van der Waals surface area contributed by atoms with Crippen molar-refractivity contribution >= 4 is 67.7 Å². The highest BCUT2D eigenvalue weighted by Gasteiger charge is 2.50. The van der Waals surface area contributed by atoms with Gasteiger partial charge in [0.05, 0.1) is 64.7 Å². The van der Waals surface area contributed by atoms with Gasteiger partial charge in [-0.25, -0.2) is 0 Å². The molecule has 8 rings (SSSR count). The van der Waals surface area contributed by atoms with E-state index in [1.54, 1.807) is 22.7 Å². The molecular weight excluding hydrogens is 1390 g/mol. The van der Waals surface area contributed by atoms with Gasteiger partial charge in [-0.05, 0) is 135 Å². The number of carbonyl (C=O) groups is 2. The fraction of sp³-hybridized carbons (Fsp3) is 0.720. The zero-order valence-corrected chi connectivity index (χ0v) is 73.8. The molecule has 0 saturated heterocycles. The third-order valence-electron chi connectivity index (χ3n) is 25.2. The van der Waals surface area contributed by atoms with E-state index >= 15 is 19.2 Å². The maximum absolute atomic E-state index is 16.7. The van der Waals surface area contributed by atoms with Crippen molar-refractivity contribution in [3.8, 4) is 10.6 Å². The van der Waals surface area contributed by atoms with Crippen LogP contribution in [-0.2, 0) is 22.4 Å². The fourth-order valence-electron chi connectivity index (χ4n) is 18.5. The number of pyridine rings is 2. The minimum Gasteiger partial charge on any atom is -0.306 e. The summed E-state index contributed by atoms with van der Waals surface area (Å²) in [5.41, 5.74) is 8.21. The highest BCUT2D eigenvalue weighted by Crippen LogP contribution is 2.51. The highest BCUT2D eigenvalue weighted by molar-refractivity contribution is 7.16. The van der Waals surface area contributed by atoms with Crippen molar-refractivity contribution in [3.63, 3.8) is 0 Å². The molecule has 8 heterocycles. The summed E-state index contributed by atoms with van der Waals surface area (Å²) < 4.78 is 3.98. The second kappa shape index (κ2) is 51.2. The summed E-state index contributed by atoms with van der Waals surface area (Å²) in [4.78, 5) is 73.8. The molecule has 6 aromatic heterocycles. The first kappa shape index (κ1) is 90.7. The predicted molar refractivity (Wildman–Crippen MR) is 480 cm³/mol. The van der Waals surface area contributed by atoms with E-state index in [-0.39, 0.29) is 34.8 Å². The van der Waals surface area contributed by atoms with Crippen LogP contribution < -0.4 is 11.1 Å². The van der Waals surface area contributed by atoms with Crippen LogP contribution in [0.5, 0.6) is 0 Å². The van der Waals surface area contributed by atoms with Crippen molar-refractivity contribution in [2.45, 2.75) is 441 Å². The van der Waals surface area contributed by atoms with Gasteiger partial charge in [-0.15, -0.1) is 22.7 Å². The Balaban J connectivity index is 1.26. The Morgan fingerprint density at radius 1 is 0.300 bits per heavy atom. The van der Waals surface area contributed by atoms with Crippen molar-refractivity contribution in [2.75, 3.05) is 13.1 Å². The van der Waals surface area contributed by atoms with Crippen LogP contribution in [0.3, 0.4) is 0 Å². The summed E-state index contributed by atoms with van der Waals surface area (Å²) in [6, 6.07) is 17.4. The minimum atomic E-state index is -0.110. The molecule has 0 spiro atoms. The van der Waals surface area contributed by atoms with Gasteiger partial charge in [0, 0.05) is 23.7 Å². The van der Waals surface area contributed by atoms with Gasteiger partial charge in [-0.1, -0.05) is 377 Å². The van der Waals surface area contributed by atoms with E-state index in [1.807, 2.05) is 8.80 Å². The van der Waals surface area contributed by atoms with Gasteiger partial charge >= 0.3 is 0 Å². The van der Waals surface area contributed by atoms with Crippen molar-refractivity contribution in [1.29, 1.82) is 0 Å². The van der Waals surface area contributed by atoms with Crippen LogP contribution in [0.15, 0.2) is 69.3 Å². The largest absolute Gasteiger partial charge is 0.306 e. The Labute approximate surface area is 679 Å². The summed E-state index contributed by atoms with van der Waals surface area (Å²) >= 11 is 3.42. The molecule has 0 bridgehead atoms. The van der Waals surface area contributed by atoms with Gasteiger partial charge in [0.15, 0.2) is 0 Å². The number of unbranched alkanes of at least 4 members (excludes halogenated alkanes) is 44. The van der Waals surface area contributed by atoms with E-state index in [0.29, 0.717) is 53.3 Å². The molecule has 2 unspecified atom stereocenters. The van der Waals surface area contributed by atoms with Crippen LogP contribution in [0.2, 0.25) is 0 Å². The predicted octanol–water partition coefficient (Wildman–Crippen LogP) is 30.8. The molecule has 2 aliphatic rings. The van der Waals surface area contributed by atoms with E-state index in [9.17, 15) is 0 Å². The molecule has 110 heavy (non-hydrogen) atoms. The molecule has 0 N–H and O–H groups in total. The third kappa shape index (κ3) is 26.6. The standard InChI is InChI=1S/C100H158N4O4S2/c1-11-17-23-29-35-39-41-47-51-57-63-79(61-55-49-45-37-31-25-19-13-3)75-101-95(89-73-71-87(109-89)78(9)10)93-94(98(101)106)96(102(97(93)105)76-80(62-56-50-46-38-32-26-20-14-4)64-58-52-48-42-40-36-30-24-18-12-2)90-74-72-88(110-90)86-70-69-85-82(66-60-54-44-34-28-22-16-6)91-92(100(108)104(85)86)81(65-59-53-43-33-27-21-15-5)84-68-67-83(77(7)8)103(84)99(91)107/h67-74,77-80H,11-66,75-76H2,1-10H3. The van der Waals surface area contributed by atoms with Crippen LogP contribution in [-0.4, -0.2) is 43.5 Å². The SMILES string of the molecule is CCCCCCCCCCCCC(CCCCCCCCCC)CN1C(=O)C2=C(c3ccc(C(C)C)s3)N(CC(CCCCCCCCCC)CCCCCCCCCCCC)C(=O)C2=C1c1ccc(-c2ccc3c(CCCCCCCCC)c4c(=O)n5c(C(C)C)ccc5c(CCCCCCCCC)c4c(=O)n23)s1. The molecule has 0 saturated carbocycles. The van der Waals surface area contributed by atoms with Crippen molar-refractivity contribution < 1.29 is 9.59 Å². The van der Waals surface area contributed by atoms with Gasteiger partial charge in [0.1, 0.15) is 0 Å². The molecule has 2 aliphatic heterocycles. The number of aromatic nitrogens is 2. The van der Waals surface area contributed by atoms with Gasteiger partial charge in [0.25, 0.3) is 22.9 Å². The minimum absolute atomic E-state index is 0.00991. The van der Waals surface area contributed by atoms with Crippen LogP contribution in [0.4, 0.5) is 0 Å². The zero-order valence-electron chi connectivity index (χ0n) is 72.2. The lowest BCUT2D eigenvalue weighted by Crippen LogP contribution is -2.34. The molecular formula is C100H158N4O4S2. The normalized spacial score (nSPS) is 14.1. The molecule has 0 aromatic carbocycles. The molecule has 6 aromatic rings. The van der Waals surface area contributed by atoms with Gasteiger partial charge < -0.3 is 9.80 Å². The first-order valence-electron chi connectivity index (χ1n) is 47.2. The Morgan fingerprint density at radius 2 is 0.600 bits per heavy atom. The zero-order chi connectivity index (χ0) is 78.2. The average molecular weight is 1540 g/mol. The average Bonchev–Trinajstić information content (AvgIpc) is 1.55. The lowest BCUT2D eigenvalue weighted by molar-refractivity contribution is -0.124. The topological polar surface area (TPSA) is 83.6 Å². The lowest BCUT2D eigenvalue weighted by Gasteiger charge is -2.29. The molecule has 2 atom stereocenters. The molecule has 0 fully saturated rings. The van der Waals surface area contributed by atoms with Crippen LogP contribution in [0, 0.1) is 11.8 Å². The number of rotatable bonds is 65. The number of thiophene rings is 2. The van der Waals surface area contributed by atoms with Crippen molar-refractivity contribution in [3.05, 3.63) is 112 Å². The maximum atomic E-state index is 16.7. The summed E-state index contributed by atoms with van der Waals surface area (Å²) in [6.45, 7) is 23.9. The molecule has 0 aliphatic carbocycles. The number of hydrogen-bond donors (Lipinski definition) is 0. The quantitative estimate of drug-likeness (QED) is 0.0356. The summed E-state index contributed by atoms with van der Waals surface area (Å²) in [6.07, 6.45) is 68.3. The van der Waals surface area contributed by atoms with Crippen LogP contribution in [0.25, 0.3) is 43.8 Å². The fourth-order valence-corrected chi connectivity index (χ4v) is 20.7. The monoisotopic (exact) mass is 1540 g/mol. The van der Waals surface area contributed by atoms with E-state index in [4.69, 9.17) is 0 Å². The first-order chi connectivity index (χ1) is 53.8. The van der Waals surface area contributed by atoms with E-state index in [0.717, 1.165) is 137 Å².